The zero-order valence-electron chi connectivity index (χ0n) is 8.25. The summed E-state index contributed by atoms with van der Waals surface area (Å²) in [5.41, 5.74) is 3.92. The molecule has 0 fully saturated rings. The van der Waals surface area contributed by atoms with Crippen LogP contribution in [0.1, 0.15) is 11.1 Å². The van der Waals surface area contributed by atoms with Crippen LogP contribution in [0, 0.1) is 0 Å². The smallest absolute Gasteiger partial charge is 0.418 e. The summed E-state index contributed by atoms with van der Waals surface area (Å²) in [5, 5.41) is 8.40. The Kier molecular flexibility index (Phi) is 3.82. The van der Waals surface area contributed by atoms with Crippen molar-refractivity contribution in [2.75, 3.05) is 5.73 Å². The molecule has 3 nitrogen and oxygen atoms in total. The number of hydrogen-bond donors (Lipinski definition) is 2. The van der Waals surface area contributed by atoms with Crippen molar-refractivity contribution < 1.29 is 23.1 Å². The molecule has 1 aromatic carbocycles. The van der Waals surface area contributed by atoms with Gasteiger partial charge in [-0.1, -0.05) is 15.9 Å². The van der Waals surface area contributed by atoms with Gasteiger partial charge in [0.15, 0.2) is 0 Å². The van der Waals surface area contributed by atoms with Gasteiger partial charge in [-0.25, -0.2) is 4.79 Å². The maximum atomic E-state index is 12.5. The molecule has 0 saturated carbocycles. The van der Waals surface area contributed by atoms with Gasteiger partial charge in [-0.3, -0.25) is 0 Å². The highest BCUT2D eigenvalue weighted by molar-refractivity contribution is 9.10. The summed E-state index contributed by atoms with van der Waals surface area (Å²) < 4.78 is 37.9. The molecule has 1 rings (SSSR count). The first-order valence-corrected chi connectivity index (χ1v) is 5.08. The van der Waals surface area contributed by atoms with Crippen LogP contribution in [0.5, 0.6) is 0 Å². The molecule has 0 heterocycles. The van der Waals surface area contributed by atoms with Crippen molar-refractivity contribution in [1.29, 1.82) is 0 Å². The molecule has 92 valence electrons. The molecule has 0 aliphatic rings. The summed E-state index contributed by atoms with van der Waals surface area (Å²) in [6.07, 6.45) is -2.77. The summed E-state index contributed by atoms with van der Waals surface area (Å²) in [6, 6.07) is 1.88. The summed E-state index contributed by atoms with van der Waals surface area (Å²) in [6.45, 7) is 0. The number of nitrogens with two attached hydrogens (primary N) is 1. The molecule has 0 radical (unpaired) electrons. The Bertz CT molecular complexity index is 483. The second-order valence-electron chi connectivity index (χ2n) is 3.13. The number of hydrogen-bond acceptors (Lipinski definition) is 2. The Balaban J connectivity index is 3.29. The Hall–Kier alpha value is -1.50. The standard InChI is InChI=1S/C10H7BrF3NO2/c11-7-4-8(15)6(10(12,13)14)3-5(7)1-2-9(16)17/h1-4H,15H2,(H,16,17)/b2-1+. The number of benzene rings is 1. The number of carboxylic acids is 1. The third-order valence-electron chi connectivity index (χ3n) is 1.88. The van der Waals surface area contributed by atoms with Crippen LogP contribution in [-0.4, -0.2) is 11.1 Å². The van der Waals surface area contributed by atoms with Crippen molar-refractivity contribution in [3.8, 4) is 0 Å². The number of carboxylic acid groups (broad SMARTS) is 1. The topological polar surface area (TPSA) is 63.3 Å². The molecule has 0 saturated heterocycles. The highest BCUT2D eigenvalue weighted by Gasteiger charge is 2.33. The van der Waals surface area contributed by atoms with E-state index in [1.54, 1.807) is 0 Å². The van der Waals surface area contributed by atoms with Gasteiger partial charge >= 0.3 is 12.1 Å². The van der Waals surface area contributed by atoms with Crippen molar-refractivity contribution in [2.45, 2.75) is 6.18 Å². The van der Waals surface area contributed by atoms with Crippen molar-refractivity contribution in [3.05, 3.63) is 33.8 Å². The monoisotopic (exact) mass is 309 g/mol. The third kappa shape index (κ3) is 3.48. The van der Waals surface area contributed by atoms with E-state index >= 15 is 0 Å². The second-order valence-corrected chi connectivity index (χ2v) is 3.98. The number of halogens is 4. The average Bonchev–Trinajstić information content (AvgIpc) is 2.13. The first-order valence-electron chi connectivity index (χ1n) is 4.29. The first kappa shape index (κ1) is 13.6. The SMILES string of the molecule is Nc1cc(Br)c(/C=C/C(=O)O)cc1C(F)(F)F. The lowest BCUT2D eigenvalue weighted by molar-refractivity contribution is -0.137. The summed E-state index contributed by atoms with van der Waals surface area (Å²) in [5.74, 6) is -1.25. The number of aliphatic carboxylic acids is 1. The minimum Gasteiger partial charge on any atom is -0.478 e. The van der Waals surface area contributed by atoms with Crippen molar-refractivity contribution in [2.24, 2.45) is 0 Å². The van der Waals surface area contributed by atoms with Gasteiger partial charge in [-0.15, -0.1) is 0 Å². The van der Waals surface area contributed by atoms with Gasteiger partial charge in [0.05, 0.1) is 5.56 Å². The molecule has 0 aliphatic carbocycles. The number of nitrogen functional groups attached to an aromatic ring is 1. The van der Waals surface area contributed by atoms with Gasteiger partial charge < -0.3 is 10.8 Å². The van der Waals surface area contributed by atoms with Gasteiger partial charge in [-0.05, 0) is 23.8 Å². The summed E-state index contributed by atoms with van der Waals surface area (Å²) >= 11 is 3.01. The highest BCUT2D eigenvalue weighted by Crippen LogP contribution is 2.36. The molecule has 7 heteroatoms. The predicted octanol–water partition coefficient (Wildman–Crippen LogP) is 3.15. The fourth-order valence-electron chi connectivity index (χ4n) is 1.14. The van der Waals surface area contributed by atoms with Gasteiger partial charge in [0.25, 0.3) is 0 Å². The number of anilines is 1. The fraction of sp³-hybridized carbons (Fsp3) is 0.100. The molecule has 0 amide bonds. The van der Waals surface area contributed by atoms with Crippen molar-refractivity contribution in [1.82, 2.24) is 0 Å². The predicted molar refractivity (Wildman–Crippen MR) is 60.2 cm³/mol. The zero-order chi connectivity index (χ0) is 13.2. The van der Waals surface area contributed by atoms with Crippen LogP contribution in [0.3, 0.4) is 0 Å². The van der Waals surface area contributed by atoms with Crippen LogP contribution >= 0.6 is 15.9 Å². The molecule has 0 spiro atoms. The average molecular weight is 310 g/mol. The van der Waals surface area contributed by atoms with Crippen molar-refractivity contribution >= 4 is 33.7 Å². The fourth-order valence-corrected chi connectivity index (χ4v) is 1.63. The molecule has 0 unspecified atom stereocenters. The van der Waals surface area contributed by atoms with Crippen LogP contribution in [0.2, 0.25) is 0 Å². The van der Waals surface area contributed by atoms with E-state index in [1.165, 1.54) is 0 Å². The lowest BCUT2D eigenvalue weighted by Gasteiger charge is -2.11. The molecule has 0 atom stereocenters. The number of rotatable bonds is 2. The maximum absolute atomic E-state index is 12.5. The molecule has 0 aliphatic heterocycles. The Morgan fingerprint density at radius 1 is 1.41 bits per heavy atom. The number of carbonyl (C=O) groups is 1. The second kappa shape index (κ2) is 4.79. The van der Waals surface area contributed by atoms with E-state index in [-0.39, 0.29) is 5.56 Å². The quantitative estimate of drug-likeness (QED) is 0.651. The van der Waals surface area contributed by atoms with Gasteiger partial charge in [-0.2, -0.15) is 13.2 Å². The number of alkyl halides is 3. The highest BCUT2D eigenvalue weighted by atomic mass is 79.9. The molecular formula is C10H7BrF3NO2. The molecule has 0 aromatic heterocycles. The van der Waals surface area contributed by atoms with E-state index in [0.717, 1.165) is 24.3 Å². The van der Waals surface area contributed by atoms with E-state index in [1.807, 2.05) is 0 Å². The molecule has 1 aromatic rings. The van der Waals surface area contributed by atoms with E-state index in [4.69, 9.17) is 10.8 Å². The largest absolute Gasteiger partial charge is 0.478 e. The molecule has 17 heavy (non-hydrogen) atoms. The zero-order valence-corrected chi connectivity index (χ0v) is 9.84. The van der Waals surface area contributed by atoms with E-state index < -0.39 is 23.4 Å². The summed E-state index contributed by atoms with van der Waals surface area (Å²) in [4.78, 5) is 10.3. The van der Waals surface area contributed by atoms with Crippen LogP contribution in [0.4, 0.5) is 18.9 Å². The Morgan fingerprint density at radius 3 is 2.47 bits per heavy atom. The molecular weight excluding hydrogens is 303 g/mol. The van der Waals surface area contributed by atoms with Gasteiger partial charge in [0.2, 0.25) is 0 Å². The lowest BCUT2D eigenvalue weighted by Crippen LogP contribution is -2.09. The Morgan fingerprint density at radius 2 is 2.00 bits per heavy atom. The third-order valence-corrected chi connectivity index (χ3v) is 2.57. The lowest BCUT2D eigenvalue weighted by atomic mass is 10.1. The van der Waals surface area contributed by atoms with Crippen LogP contribution in [-0.2, 0) is 11.0 Å². The van der Waals surface area contributed by atoms with Gasteiger partial charge in [0, 0.05) is 16.2 Å². The van der Waals surface area contributed by atoms with Crippen LogP contribution in [0.25, 0.3) is 6.08 Å². The van der Waals surface area contributed by atoms with E-state index in [0.29, 0.717) is 4.47 Å². The molecule has 0 bridgehead atoms. The van der Waals surface area contributed by atoms with Crippen LogP contribution in [0.15, 0.2) is 22.7 Å². The van der Waals surface area contributed by atoms with Gasteiger partial charge in [0.1, 0.15) is 0 Å². The molecule has 3 N–H and O–H groups in total. The summed E-state index contributed by atoms with van der Waals surface area (Å²) in [7, 11) is 0. The minimum atomic E-state index is -4.57. The van der Waals surface area contributed by atoms with Crippen molar-refractivity contribution in [3.63, 3.8) is 0 Å². The Labute approximate surface area is 103 Å². The maximum Gasteiger partial charge on any atom is 0.418 e. The normalized spacial score (nSPS) is 12.0. The van der Waals surface area contributed by atoms with Crippen LogP contribution < -0.4 is 5.73 Å². The first-order chi connectivity index (χ1) is 7.71. The minimum absolute atomic E-state index is 0.0916. The van der Waals surface area contributed by atoms with E-state index in [2.05, 4.69) is 15.9 Å². The van der Waals surface area contributed by atoms with E-state index in [9.17, 15) is 18.0 Å².